The number of hydrogen-bond donors (Lipinski definition) is 3. The summed E-state index contributed by atoms with van der Waals surface area (Å²) in [5, 5.41) is 5.61. The van der Waals surface area contributed by atoms with Crippen LogP contribution in [0.2, 0.25) is 0 Å². The van der Waals surface area contributed by atoms with Gasteiger partial charge in [-0.3, -0.25) is 4.79 Å². The van der Waals surface area contributed by atoms with Crippen molar-refractivity contribution >= 4 is 39.5 Å². The Kier molecular flexibility index (Phi) is 7.58. The number of benzene rings is 1. The van der Waals surface area contributed by atoms with Gasteiger partial charge in [0, 0.05) is 18.5 Å². The van der Waals surface area contributed by atoms with E-state index in [-0.39, 0.29) is 36.0 Å². The summed E-state index contributed by atoms with van der Waals surface area (Å²) < 4.78 is 48.7. The summed E-state index contributed by atoms with van der Waals surface area (Å²) >= 11 is 0. The first kappa shape index (κ1) is 21.6. The molecular weight excluding hydrogens is 376 g/mol. The Balaban J connectivity index is 0.00000312. The summed E-state index contributed by atoms with van der Waals surface area (Å²) in [5.74, 6) is -4.06. The quantitative estimate of drug-likeness (QED) is 0.684. The largest absolute Gasteiger partial charge is 0.384 e. The molecule has 1 aromatic rings. The van der Waals surface area contributed by atoms with Crippen molar-refractivity contribution in [3.05, 3.63) is 18.2 Å². The van der Waals surface area contributed by atoms with Crippen LogP contribution in [0.3, 0.4) is 0 Å². The van der Waals surface area contributed by atoms with E-state index in [0.717, 1.165) is 18.6 Å². The van der Waals surface area contributed by atoms with Crippen molar-refractivity contribution in [3.8, 4) is 0 Å². The highest BCUT2D eigenvalue weighted by atomic mass is 35.5. The molecule has 142 valence electrons. The van der Waals surface area contributed by atoms with Gasteiger partial charge in [0.15, 0.2) is 0 Å². The van der Waals surface area contributed by atoms with E-state index in [9.17, 15) is 22.0 Å². The predicted octanol–water partition coefficient (Wildman–Crippen LogP) is 2.60. The van der Waals surface area contributed by atoms with Gasteiger partial charge in [-0.05, 0) is 44.4 Å². The summed E-state index contributed by atoms with van der Waals surface area (Å²) in [4.78, 5) is 11.8. The van der Waals surface area contributed by atoms with E-state index in [2.05, 4.69) is 10.6 Å². The molecule has 1 fully saturated rings. The number of rotatable bonds is 6. The first-order valence-corrected chi connectivity index (χ1v) is 9.26. The van der Waals surface area contributed by atoms with Gasteiger partial charge in [-0.25, -0.2) is 8.42 Å². The van der Waals surface area contributed by atoms with E-state index in [1.807, 2.05) is 6.92 Å². The van der Waals surface area contributed by atoms with Crippen molar-refractivity contribution in [2.75, 3.05) is 17.2 Å². The lowest BCUT2D eigenvalue weighted by Crippen LogP contribution is -2.24. The van der Waals surface area contributed by atoms with Gasteiger partial charge < -0.3 is 16.4 Å². The Bertz CT molecular complexity index is 716. The molecule has 2 atom stereocenters. The zero-order valence-electron chi connectivity index (χ0n) is 13.7. The highest BCUT2D eigenvalue weighted by Crippen LogP contribution is 2.30. The van der Waals surface area contributed by atoms with Crippen molar-refractivity contribution in [2.45, 2.75) is 42.9 Å². The minimum absolute atomic E-state index is 0. The van der Waals surface area contributed by atoms with E-state index in [4.69, 9.17) is 5.73 Å². The third kappa shape index (κ3) is 5.02. The molecule has 10 heteroatoms. The molecule has 0 aromatic heterocycles. The first-order chi connectivity index (χ1) is 11.3. The summed E-state index contributed by atoms with van der Waals surface area (Å²) in [6.45, 7) is 2.35. The first-order valence-electron chi connectivity index (χ1n) is 7.72. The summed E-state index contributed by atoms with van der Waals surface area (Å²) in [7, 11) is -4.73. The molecule has 4 N–H and O–H groups in total. The second-order valence-corrected chi connectivity index (χ2v) is 7.72. The average Bonchev–Trinajstić information content (AvgIpc) is 2.95. The van der Waals surface area contributed by atoms with Crippen molar-refractivity contribution in [2.24, 2.45) is 11.7 Å². The maximum absolute atomic E-state index is 12.7. The monoisotopic (exact) mass is 397 g/mol. The molecule has 2 rings (SSSR count). The summed E-state index contributed by atoms with van der Waals surface area (Å²) in [6.07, 6.45) is 1.95. The molecule has 25 heavy (non-hydrogen) atoms. The van der Waals surface area contributed by atoms with Gasteiger partial charge in [0.05, 0.1) is 16.3 Å². The van der Waals surface area contributed by atoms with E-state index < -0.39 is 20.5 Å². The van der Waals surface area contributed by atoms with Gasteiger partial charge >= 0.3 is 5.76 Å². The van der Waals surface area contributed by atoms with Crippen molar-refractivity contribution < 1.29 is 22.0 Å². The van der Waals surface area contributed by atoms with E-state index in [0.29, 0.717) is 25.1 Å². The van der Waals surface area contributed by atoms with E-state index in [1.54, 1.807) is 0 Å². The van der Waals surface area contributed by atoms with E-state index in [1.165, 1.54) is 6.07 Å². The van der Waals surface area contributed by atoms with Crippen LogP contribution in [0.5, 0.6) is 0 Å². The maximum atomic E-state index is 12.7. The molecule has 1 aromatic carbocycles. The number of amides is 1. The van der Waals surface area contributed by atoms with Crippen LogP contribution in [0.25, 0.3) is 0 Å². The predicted molar refractivity (Wildman–Crippen MR) is 95.0 cm³/mol. The SMILES string of the molecule is CCNc1ccc(S(=O)(=O)C(F)F)cc1NC(=O)C1CCC(N)C1.Cl. The van der Waals surface area contributed by atoms with Crippen molar-refractivity contribution in [1.29, 1.82) is 0 Å². The average molecular weight is 398 g/mol. The number of alkyl halides is 2. The fraction of sp³-hybridized carbons (Fsp3) is 0.533. The van der Waals surface area contributed by atoms with Gasteiger partial charge in [0.1, 0.15) is 0 Å². The molecule has 1 aliphatic carbocycles. The van der Waals surface area contributed by atoms with Crippen LogP contribution < -0.4 is 16.4 Å². The summed E-state index contributed by atoms with van der Waals surface area (Å²) in [5.41, 5.74) is 6.44. The number of carbonyl (C=O) groups excluding carboxylic acids is 1. The molecular formula is C15H22ClF2N3O3S. The van der Waals surface area contributed by atoms with Crippen molar-refractivity contribution in [3.63, 3.8) is 0 Å². The number of halogens is 3. The standard InChI is InChI=1S/C15H21F2N3O3S.ClH/c1-2-19-12-6-5-11(24(22,23)15(16)17)8-13(12)20-14(21)9-3-4-10(18)7-9;/h5-6,8-10,15,19H,2-4,7,18H2,1H3,(H,20,21);1H. The fourth-order valence-electron chi connectivity index (χ4n) is 2.74. The number of carbonyl (C=O) groups is 1. The van der Waals surface area contributed by atoms with Gasteiger partial charge in [-0.1, -0.05) is 0 Å². The third-order valence-corrected chi connectivity index (χ3v) is 5.40. The normalized spacial score (nSPS) is 20.2. The van der Waals surface area contributed by atoms with Gasteiger partial charge in [0.2, 0.25) is 15.7 Å². The molecule has 0 radical (unpaired) electrons. The third-order valence-electron chi connectivity index (χ3n) is 4.02. The maximum Gasteiger partial charge on any atom is 0.341 e. The lowest BCUT2D eigenvalue weighted by molar-refractivity contribution is -0.119. The molecule has 6 nitrogen and oxygen atoms in total. The Morgan fingerprint density at radius 2 is 2.00 bits per heavy atom. The van der Waals surface area contributed by atoms with Crippen LogP contribution in [0.4, 0.5) is 20.2 Å². The Labute approximate surface area is 151 Å². The smallest absolute Gasteiger partial charge is 0.341 e. The zero-order valence-corrected chi connectivity index (χ0v) is 15.3. The molecule has 2 unspecified atom stereocenters. The zero-order chi connectivity index (χ0) is 17.9. The number of nitrogens with one attached hydrogen (secondary N) is 2. The number of anilines is 2. The van der Waals surface area contributed by atoms with Crippen LogP contribution in [-0.4, -0.2) is 32.7 Å². The fourth-order valence-corrected chi connectivity index (χ4v) is 3.49. The van der Waals surface area contributed by atoms with Gasteiger partial charge in [-0.2, -0.15) is 8.78 Å². The summed E-state index contributed by atoms with van der Waals surface area (Å²) in [6, 6.07) is 3.50. The van der Waals surface area contributed by atoms with Crippen LogP contribution in [0, 0.1) is 5.92 Å². The second-order valence-electron chi connectivity index (χ2n) is 5.80. The molecule has 0 bridgehead atoms. The number of hydrogen-bond acceptors (Lipinski definition) is 5. The molecule has 0 saturated heterocycles. The minimum Gasteiger partial charge on any atom is -0.384 e. The highest BCUT2D eigenvalue weighted by molar-refractivity contribution is 7.91. The molecule has 1 aliphatic rings. The molecule has 1 saturated carbocycles. The van der Waals surface area contributed by atoms with E-state index >= 15 is 0 Å². The van der Waals surface area contributed by atoms with Crippen LogP contribution in [0.15, 0.2) is 23.1 Å². The lowest BCUT2D eigenvalue weighted by atomic mass is 10.1. The Morgan fingerprint density at radius 3 is 2.52 bits per heavy atom. The van der Waals surface area contributed by atoms with Gasteiger partial charge in [-0.15, -0.1) is 12.4 Å². The topological polar surface area (TPSA) is 101 Å². The van der Waals surface area contributed by atoms with Gasteiger partial charge in [0.25, 0.3) is 0 Å². The number of nitrogens with two attached hydrogens (primary N) is 1. The lowest BCUT2D eigenvalue weighted by Gasteiger charge is -2.16. The molecule has 1 amide bonds. The van der Waals surface area contributed by atoms with Crippen LogP contribution in [0.1, 0.15) is 26.2 Å². The molecule has 0 aliphatic heterocycles. The minimum atomic E-state index is -4.73. The van der Waals surface area contributed by atoms with Crippen LogP contribution >= 0.6 is 12.4 Å². The molecule has 0 heterocycles. The van der Waals surface area contributed by atoms with Crippen LogP contribution in [-0.2, 0) is 14.6 Å². The Morgan fingerprint density at radius 1 is 1.32 bits per heavy atom. The highest BCUT2D eigenvalue weighted by Gasteiger charge is 2.30. The number of sulfone groups is 1. The Hall–Kier alpha value is -1.45. The molecule has 0 spiro atoms. The van der Waals surface area contributed by atoms with Crippen molar-refractivity contribution in [1.82, 2.24) is 0 Å². The second kappa shape index (κ2) is 8.77.